The number of thiazole rings is 1. The molecule has 2 aromatic carbocycles. The van der Waals surface area contributed by atoms with Gasteiger partial charge >= 0.3 is 0 Å². The molecule has 8 heteroatoms. The second kappa shape index (κ2) is 10.1. The highest BCUT2D eigenvalue weighted by Gasteiger charge is 2.13. The molecule has 1 amide bonds. The Morgan fingerprint density at radius 3 is 2.57 bits per heavy atom. The summed E-state index contributed by atoms with van der Waals surface area (Å²) in [6.45, 7) is 2.23. The molecule has 3 aromatic rings. The zero-order valence-electron chi connectivity index (χ0n) is 16.4. The van der Waals surface area contributed by atoms with Gasteiger partial charge in [-0.15, -0.1) is 0 Å². The Morgan fingerprint density at radius 1 is 1.17 bits per heavy atom. The smallest absolute Gasteiger partial charge is 0.257 e. The molecule has 1 heterocycles. The summed E-state index contributed by atoms with van der Waals surface area (Å²) >= 11 is 0.743. The summed E-state index contributed by atoms with van der Waals surface area (Å²) in [5.74, 6) is -0.269. The minimum absolute atomic E-state index is 0.167. The van der Waals surface area contributed by atoms with Gasteiger partial charge in [0.25, 0.3) is 5.91 Å². The van der Waals surface area contributed by atoms with Crippen LogP contribution in [0.25, 0.3) is 12.2 Å². The van der Waals surface area contributed by atoms with E-state index >= 15 is 0 Å². The van der Waals surface area contributed by atoms with Crippen molar-refractivity contribution in [3.05, 3.63) is 76.3 Å². The van der Waals surface area contributed by atoms with Crippen LogP contribution in [0.2, 0.25) is 0 Å². The van der Waals surface area contributed by atoms with E-state index in [0.29, 0.717) is 23.5 Å². The SMILES string of the molecule is COC[C@H](C)Oc1cc(/C=C/c2ccc(F)cc2)cc(C(=O)Nc2ncc(F)s2)c1. The maximum atomic E-state index is 13.2. The Bertz CT molecular complexity index is 1040. The Labute approximate surface area is 177 Å². The number of carbonyl (C=O) groups is 1. The van der Waals surface area contributed by atoms with Crippen molar-refractivity contribution in [2.75, 3.05) is 19.0 Å². The van der Waals surface area contributed by atoms with Crippen LogP contribution >= 0.6 is 11.3 Å². The molecule has 0 saturated carbocycles. The molecule has 0 saturated heterocycles. The molecule has 0 spiro atoms. The quantitative estimate of drug-likeness (QED) is 0.496. The number of halogens is 2. The lowest BCUT2D eigenvalue weighted by Gasteiger charge is -2.15. The lowest BCUT2D eigenvalue weighted by atomic mass is 10.1. The van der Waals surface area contributed by atoms with Crippen molar-refractivity contribution in [1.82, 2.24) is 4.98 Å². The third-order valence-electron chi connectivity index (χ3n) is 3.97. The van der Waals surface area contributed by atoms with Crippen LogP contribution < -0.4 is 10.1 Å². The van der Waals surface area contributed by atoms with E-state index in [2.05, 4.69) is 10.3 Å². The number of anilines is 1. The van der Waals surface area contributed by atoms with E-state index in [1.54, 1.807) is 49.6 Å². The van der Waals surface area contributed by atoms with Crippen molar-refractivity contribution >= 4 is 34.5 Å². The molecule has 0 unspecified atom stereocenters. The molecule has 0 aliphatic carbocycles. The van der Waals surface area contributed by atoms with Crippen molar-refractivity contribution in [1.29, 1.82) is 0 Å². The molecule has 156 valence electrons. The summed E-state index contributed by atoms with van der Waals surface area (Å²) in [5.41, 5.74) is 1.84. The molecule has 0 aliphatic rings. The number of hydrogen-bond acceptors (Lipinski definition) is 5. The first kappa shape index (κ1) is 21.6. The normalized spacial score (nSPS) is 12.1. The van der Waals surface area contributed by atoms with Gasteiger partial charge in [-0.1, -0.05) is 35.6 Å². The summed E-state index contributed by atoms with van der Waals surface area (Å²) in [4.78, 5) is 16.4. The Balaban J connectivity index is 1.87. The van der Waals surface area contributed by atoms with Gasteiger partial charge in [-0.2, -0.15) is 4.39 Å². The predicted molar refractivity (Wildman–Crippen MR) is 114 cm³/mol. The average molecular weight is 430 g/mol. The van der Waals surface area contributed by atoms with Gasteiger partial charge in [-0.25, -0.2) is 9.37 Å². The number of carbonyl (C=O) groups excluding carboxylic acids is 1. The molecule has 0 aliphatic heterocycles. The standard InChI is InChI=1S/C22H20F2N2O3S/c1-14(13-28-2)29-19-10-16(4-3-15-5-7-18(23)8-6-15)9-17(11-19)21(27)26-22-25-12-20(24)30-22/h3-12,14H,13H2,1-2H3,(H,25,26,27)/b4-3+/t14-/m0/s1. The van der Waals surface area contributed by atoms with E-state index < -0.39 is 11.0 Å². The highest BCUT2D eigenvalue weighted by molar-refractivity contribution is 7.14. The molecular formula is C22H20F2N2O3S. The van der Waals surface area contributed by atoms with Gasteiger partial charge in [-0.05, 0) is 48.4 Å². The maximum absolute atomic E-state index is 13.2. The summed E-state index contributed by atoms with van der Waals surface area (Å²) in [5, 5.41) is 2.25. The molecule has 0 fully saturated rings. The fourth-order valence-corrected chi connectivity index (χ4v) is 3.21. The largest absolute Gasteiger partial charge is 0.488 e. The summed E-state index contributed by atoms with van der Waals surface area (Å²) in [6.07, 6.45) is 4.41. The van der Waals surface area contributed by atoms with Crippen LogP contribution in [0.4, 0.5) is 13.9 Å². The summed E-state index contributed by atoms with van der Waals surface area (Å²) < 4.78 is 37.2. The number of methoxy groups -OCH3 is 1. The first-order valence-corrected chi connectivity index (χ1v) is 9.91. The van der Waals surface area contributed by atoms with E-state index in [0.717, 1.165) is 23.1 Å². The number of hydrogen-bond donors (Lipinski definition) is 1. The van der Waals surface area contributed by atoms with E-state index in [9.17, 15) is 13.6 Å². The van der Waals surface area contributed by atoms with Gasteiger partial charge in [-0.3, -0.25) is 10.1 Å². The monoisotopic (exact) mass is 430 g/mol. The summed E-state index contributed by atoms with van der Waals surface area (Å²) in [7, 11) is 1.58. The summed E-state index contributed by atoms with van der Waals surface area (Å²) in [6, 6.07) is 11.1. The van der Waals surface area contributed by atoms with Gasteiger partial charge in [0.05, 0.1) is 12.8 Å². The van der Waals surface area contributed by atoms with Gasteiger partial charge < -0.3 is 9.47 Å². The van der Waals surface area contributed by atoms with E-state index in [-0.39, 0.29) is 17.1 Å². The molecule has 5 nitrogen and oxygen atoms in total. The minimum atomic E-state index is -0.487. The maximum Gasteiger partial charge on any atom is 0.257 e. The predicted octanol–water partition coefficient (Wildman–Crippen LogP) is 5.26. The number of benzene rings is 2. The van der Waals surface area contributed by atoms with E-state index in [4.69, 9.17) is 9.47 Å². The molecular weight excluding hydrogens is 410 g/mol. The second-order valence-corrected chi connectivity index (χ2v) is 7.46. The first-order valence-electron chi connectivity index (χ1n) is 9.10. The Kier molecular flexibility index (Phi) is 7.26. The van der Waals surface area contributed by atoms with Crippen molar-refractivity contribution < 1.29 is 23.0 Å². The topological polar surface area (TPSA) is 60.5 Å². The van der Waals surface area contributed by atoms with Gasteiger partial charge in [0.2, 0.25) is 0 Å². The lowest BCUT2D eigenvalue weighted by molar-refractivity contribution is 0.0917. The highest BCUT2D eigenvalue weighted by atomic mass is 32.1. The fraction of sp³-hybridized carbons (Fsp3) is 0.182. The number of nitrogens with one attached hydrogen (secondary N) is 1. The van der Waals surface area contributed by atoms with Crippen LogP contribution in [0, 0.1) is 10.9 Å². The van der Waals surface area contributed by atoms with Crippen molar-refractivity contribution in [3.8, 4) is 5.75 Å². The van der Waals surface area contributed by atoms with Crippen LogP contribution in [0.1, 0.15) is 28.4 Å². The number of nitrogens with zero attached hydrogens (tertiary/aromatic N) is 1. The van der Waals surface area contributed by atoms with Crippen LogP contribution in [0.5, 0.6) is 5.75 Å². The van der Waals surface area contributed by atoms with Crippen LogP contribution in [-0.4, -0.2) is 30.7 Å². The fourth-order valence-electron chi connectivity index (χ4n) is 2.67. The Morgan fingerprint density at radius 2 is 1.90 bits per heavy atom. The van der Waals surface area contributed by atoms with Gasteiger partial charge in [0.15, 0.2) is 10.3 Å². The second-order valence-electron chi connectivity index (χ2n) is 6.48. The third-order valence-corrected chi connectivity index (χ3v) is 4.67. The molecule has 1 atom stereocenters. The highest BCUT2D eigenvalue weighted by Crippen LogP contribution is 2.23. The van der Waals surface area contributed by atoms with Gasteiger partial charge in [0.1, 0.15) is 17.7 Å². The number of aromatic nitrogens is 1. The van der Waals surface area contributed by atoms with Crippen molar-refractivity contribution in [3.63, 3.8) is 0 Å². The van der Waals surface area contributed by atoms with Crippen LogP contribution in [0.15, 0.2) is 48.7 Å². The molecule has 0 radical (unpaired) electrons. The van der Waals surface area contributed by atoms with Crippen molar-refractivity contribution in [2.45, 2.75) is 13.0 Å². The average Bonchev–Trinajstić information content (AvgIpc) is 3.12. The zero-order valence-corrected chi connectivity index (χ0v) is 17.2. The van der Waals surface area contributed by atoms with Gasteiger partial charge in [0, 0.05) is 12.7 Å². The molecule has 3 rings (SSSR count). The third kappa shape index (κ3) is 6.20. The van der Waals surface area contributed by atoms with Crippen LogP contribution in [-0.2, 0) is 4.74 Å². The molecule has 30 heavy (non-hydrogen) atoms. The zero-order chi connectivity index (χ0) is 21.5. The molecule has 1 N–H and O–H groups in total. The molecule has 0 bridgehead atoms. The lowest BCUT2D eigenvalue weighted by Crippen LogP contribution is -2.18. The first-order chi connectivity index (χ1) is 14.4. The van der Waals surface area contributed by atoms with E-state index in [1.807, 2.05) is 6.92 Å². The Hall–Kier alpha value is -3.10. The van der Waals surface area contributed by atoms with E-state index in [1.165, 1.54) is 12.1 Å². The number of amides is 1. The minimum Gasteiger partial charge on any atom is -0.488 e. The number of ether oxygens (including phenoxy) is 2. The number of rotatable bonds is 8. The van der Waals surface area contributed by atoms with Crippen LogP contribution in [0.3, 0.4) is 0 Å². The van der Waals surface area contributed by atoms with Crippen molar-refractivity contribution in [2.24, 2.45) is 0 Å². The molecule has 1 aromatic heterocycles.